The molecule has 0 bridgehead atoms. The highest BCUT2D eigenvalue weighted by molar-refractivity contribution is 5.73. The van der Waals surface area contributed by atoms with E-state index in [9.17, 15) is 28.8 Å². The molecule has 1 atom stereocenters. The quantitative estimate of drug-likeness (QED) is 0.0718. The van der Waals surface area contributed by atoms with Gasteiger partial charge in [-0.15, -0.1) is 0 Å². The van der Waals surface area contributed by atoms with Crippen LogP contribution in [0, 0.1) is 5.92 Å². The van der Waals surface area contributed by atoms with E-state index in [1.165, 1.54) is 18.2 Å². The van der Waals surface area contributed by atoms with Crippen LogP contribution in [0.5, 0.6) is 0 Å². The average Bonchev–Trinajstić information content (AvgIpc) is 2.85. The van der Waals surface area contributed by atoms with Crippen LogP contribution in [0.3, 0.4) is 0 Å². The zero-order valence-corrected chi connectivity index (χ0v) is 19.9. The maximum atomic E-state index is 12.5. The van der Waals surface area contributed by atoms with Crippen molar-refractivity contribution in [1.29, 1.82) is 0 Å². The Labute approximate surface area is 204 Å². The maximum absolute atomic E-state index is 12.5. The number of esters is 3. The van der Waals surface area contributed by atoms with Gasteiger partial charge in [0.2, 0.25) is 18.2 Å². The standard InChI is InChI=1S/C23H33N3O9/c27-17-24-11-4-14-33-21(30)9-2-1-7-20(23(32)35-16-6-13-26-19-29)8-3-10-22(31)34-15-5-12-25-18-28/h20H,1-16H2. The molecule has 0 heterocycles. The molecule has 12 heteroatoms. The molecule has 0 saturated heterocycles. The predicted octanol–water partition coefficient (Wildman–Crippen LogP) is 2.14. The molecule has 0 aromatic carbocycles. The maximum Gasteiger partial charge on any atom is 0.308 e. The highest BCUT2D eigenvalue weighted by Crippen LogP contribution is 2.19. The molecule has 0 N–H and O–H groups in total. The zero-order valence-electron chi connectivity index (χ0n) is 19.9. The van der Waals surface area contributed by atoms with Gasteiger partial charge in [-0.05, 0) is 25.7 Å². The second-order valence-corrected chi connectivity index (χ2v) is 7.42. The molecule has 0 aromatic rings. The lowest BCUT2D eigenvalue weighted by molar-refractivity contribution is -0.150. The first-order valence-electron chi connectivity index (χ1n) is 11.6. The molecular weight excluding hydrogens is 462 g/mol. The largest absolute Gasteiger partial charge is 0.466 e. The van der Waals surface area contributed by atoms with Crippen LogP contribution in [0.15, 0.2) is 15.0 Å². The minimum atomic E-state index is -0.448. The van der Waals surface area contributed by atoms with Crippen LogP contribution in [0.4, 0.5) is 0 Å². The highest BCUT2D eigenvalue weighted by Gasteiger charge is 2.20. The topological polar surface area (TPSA) is 167 Å². The molecule has 35 heavy (non-hydrogen) atoms. The molecule has 0 spiro atoms. The second-order valence-electron chi connectivity index (χ2n) is 7.42. The number of carbonyl (C=O) groups excluding carboxylic acids is 6. The van der Waals surface area contributed by atoms with Crippen molar-refractivity contribution >= 4 is 36.1 Å². The van der Waals surface area contributed by atoms with Gasteiger partial charge in [-0.1, -0.05) is 6.42 Å². The monoisotopic (exact) mass is 495 g/mol. The zero-order chi connectivity index (χ0) is 26.0. The van der Waals surface area contributed by atoms with Crippen molar-refractivity contribution in [3.05, 3.63) is 0 Å². The van der Waals surface area contributed by atoms with Gasteiger partial charge in [0.15, 0.2) is 0 Å². The van der Waals surface area contributed by atoms with E-state index in [-0.39, 0.29) is 58.3 Å². The lowest BCUT2D eigenvalue weighted by atomic mass is 9.95. The number of ether oxygens (including phenoxy) is 3. The summed E-state index contributed by atoms with van der Waals surface area (Å²) in [6, 6.07) is 0. The number of nitrogens with zero attached hydrogens (tertiary/aromatic N) is 3. The summed E-state index contributed by atoms with van der Waals surface area (Å²) in [5.74, 6) is -1.62. The fraction of sp³-hybridized carbons (Fsp3) is 0.739. The summed E-state index contributed by atoms with van der Waals surface area (Å²) in [6.45, 7) is 1.16. The lowest BCUT2D eigenvalue weighted by Gasteiger charge is -2.16. The minimum absolute atomic E-state index is 0.117. The average molecular weight is 496 g/mol. The molecule has 0 fully saturated rings. The number of unbranched alkanes of at least 4 members (excludes halogenated alkanes) is 1. The molecule has 0 saturated carbocycles. The van der Waals surface area contributed by atoms with Crippen molar-refractivity contribution in [2.24, 2.45) is 20.9 Å². The number of aliphatic imine (C=N–C) groups is 3. The number of carbonyl (C=O) groups is 3. The Morgan fingerprint density at radius 1 is 0.571 bits per heavy atom. The van der Waals surface area contributed by atoms with Gasteiger partial charge in [-0.3, -0.25) is 14.4 Å². The van der Waals surface area contributed by atoms with Crippen LogP contribution in [0.25, 0.3) is 0 Å². The van der Waals surface area contributed by atoms with Crippen molar-refractivity contribution in [2.75, 3.05) is 39.5 Å². The number of hydrogen-bond donors (Lipinski definition) is 0. The predicted molar refractivity (Wildman–Crippen MR) is 122 cm³/mol. The third-order valence-corrected chi connectivity index (χ3v) is 4.66. The second kappa shape index (κ2) is 23.7. The Morgan fingerprint density at radius 3 is 1.49 bits per heavy atom. The molecule has 1 unspecified atom stereocenters. The first-order chi connectivity index (χ1) is 17.0. The number of hydrogen-bond acceptors (Lipinski definition) is 12. The summed E-state index contributed by atoms with van der Waals surface area (Å²) in [6.07, 6.45) is 8.27. The van der Waals surface area contributed by atoms with E-state index in [0.29, 0.717) is 51.4 Å². The minimum Gasteiger partial charge on any atom is -0.466 e. The Balaban J connectivity index is 4.37. The summed E-state index contributed by atoms with van der Waals surface area (Å²) in [5.41, 5.74) is 0. The van der Waals surface area contributed by atoms with Gasteiger partial charge in [0.05, 0.1) is 45.4 Å². The van der Waals surface area contributed by atoms with E-state index >= 15 is 0 Å². The summed E-state index contributed by atoms with van der Waals surface area (Å²) in [4.78, 5) is 76.2. The van der Waals surface area contributed by atoms with Crippen molar-refractivity contribution < 1.29 is 43.0 Å². The third-order valence-electron chi connectivity index (χ3n) is 4.66. The van der Waals surface area contributed by atoms with Crippen LogP contribution in [-0.2, 0) is 43.0 Å². The van der Waals surface area contributed by atoms with E-state index in [4.69, 9.17) is 14.2 Å². The van der Waals surface area contributed by atoms with Gasteiger partial charge in [-0.25, -0.2) is 29.4 Å². The smallest absolute Gasteiger partial charge is 0.308 e. The van der Waals surface area contributed by atoms with Crippen LogP contribution in [-0.4, -0.2) is 75.6 Å². The van der Waals surface area contributed by atoms with Crippen molar-refractivity contribution in [1.82, 2.24) is 0 Å². The summed E-state index contributed by atoms with van der Waals surface area (Å²) in [5, 5.41) is 0. The molecule has 0 aliphatic heterocycles. The first-order valence-corrected chi connectivity index (χ1v) is 11.6. The molecule has 194 valence electrons. The Morgan fingerprint density at radius 2 is 1.00 bits per heavy atom. The number of rotatable bonds is 22. The van der Waals surface area contributed by atoms with Crippen LogP contribution < -0.4 is 0 Å². The number of isocyanates is 3. The van der Waals surface area contributed by atoms with E-state index in [0.717, 1.165) is 0 Å². The van der Waals surface area contributed by atoms with E-state index in [1.807, 2.05) is 0 Å². The summed E-state index contributed by atoms with van der Waals surface area (Å²) in [7, 11) is 0. The Kier molecular flexibility index (Phi) is 21.4. The molecule has 0 aromatic heterocycles. The fourth-order valence-corrected chi connectivity index (χ4v) is 2.91. The van der Waals surface area contributed by atoms with Crippen LogP contribution in [0.1, 0.15) is 64.2 Å². The lowest BCUT2D eigenvalue weighted by Crippen LogP contribution is -2.19. The van der Waals surface area contributed by atoms with Crippen molar-refractivity contribution in [3.63, 3.8) is 0 Å². The summed E-state index contributed by atoms with van der Waals surface area (Å²) < 4.78 is 15.3. The summed E-state index contributed by atoms with van der Waals surface area (Å²) >= 11 is 0. The van der Waals surface area contributed by atoms with E-state index < -0.39 is 17.9 Å². The van der Waals surface area contributed by atoms with E-state index in [1.54, 1.807) is 0 Å². The molecule has 0 amide bonds. The molecular formula is C23H33N3O9. The van der Waals surface area contributed by atoms with Crippen molar-refractivity contribution in [2.45, 2.75) is 64.2 Å². The van der Waals surface area contributed by atoms with Crippen LogP contribution in [0.2, 0.25) is 0 Å². The molecule has 0 aliphatic rings. The Bertz CT molecular complexity index is 768. The van der Waals surface area contributed by atoms with Gasteiger partial charge in [0.25, 0.3) is 0 Å². The van der Waals surface area contributed by atoms with Gasteiger partial charge in [-0.2, -0.15) is 0 Å². The third kappa shape index (κ3) is 20.9. The normalized spacial score (nSPS) is 10.6. The van der Waals surface area contributed by atoms with Gasteiger partial charge >= 0.3 is 17.9 Å². The SMILES string of the molecule is O=C=NCCCOC(=O)CCCCC(CCCC(=O)OCCCN=C=O)C(=O)OCCCN=C=O. The molecule has 12 nitrogen and oxygen atoms in total. The fourth-order valence-electron chi connectivity index (χ4n) is 2.91. The molecule has 0 aliphatic carbocycles. The van der Waals surface area contributed by atoms with Gasteiger partial charge in [0.1, 0.15) is 0 Å². The molecule has 0 radical (unpaired) electrons. The van der Waals surface area contributed by atoms with Gasteiger partial charge in [0, 0.05) is 32.1 Å². The molecule has 0 rings (SSSR count). The van der Waals surface area contributed by atoms with E-state index in [2.05, 4.69) is 15.0 Å². The van der Waals surface area contributed by atoms with Gasteiger partial charge < -0.3 is 14.2 Å². The van der Waals surface area contributed by atoms with Crippen LogP contribution >= 0.6 is 0 Å². The highest BCUT2D eigenvalue weighted by atomic mass is 16.5. The first kappa shape index (κ1) is 31.6. The van der Waals surface area contributed by atoms with Crippen molar-refractivity contribution in [3.8, 4) is 0 Å². The Hall–Kier alpha value is -3.45.